The second-order valence-corrected chi connectivity index (χ2v) is 10.7. The molecule has 1 atom stereocenters. The summed E-state index contributed by atoms with van der Waals surface area (Å²) in [5.74, 6) is 0.239. The third-order valence-corrected chi connectivity index (χ3v) is 7.09. The minimum Gasteiger partial charge on any atom is -0.393 e. The average Bonchev–Trinajstić information content (AvgIpc) is 2.81. The third kappa shape index (κ3) is 25.9. The lowest BCUT2D eigenvalue weighted by Gasteiger charge is -2.10. The average molecular weight is 481 g/mol. The standard InChI is InChI=1S/C31H60O3/c1-3-5-7-9-10-11-12-13-14-15-16-18-21-26-30(33)28-31(34)27-23-19-22-25-29(32)24-20-17-8-6-4-2/h29,32H,3-28H2,1-2H3/t29-/m1/s1. The Morgan fingerprint density at radius 3 is 1.15 bits per heavy atom. The fourth-order valence-corrected chi connectivity index (χ4v) is 4.74. The van der Waals surface area contributed by atoms with Gasteiger partial charge < -0.3 is 5.11 Å². The third-order valence-electron chi connectivity index (χ3n) is 7.09. The van der Waals surface area contributed by atoms with Crippen LogP contribution in [-0.2, 0) is 9.59 Å². The number of hydrogen-bond acceptors (Lipinski definition) is 3. The normalized spacial score (nSPS) is 12.2. The zero-order chi connectivity index (χ0) is 25.1. The SMILES string of the molecule is CCCCCCCCCCCCCCCC(=O)CC(=O)CCCCC[C@H](O)CCCCCCC. The van der Waals surface area contributed by atoms with Crippen LogP contribution in [0.5, 0.6) is 0 Å². The van der Waals surface area contributed by atoms with Crippen LogP contribution in [0.25, 0.3) is 0 Å². The van der Waals surface area contributed by atoms with Gasteiger partial charge in [-0.15, -0.1) is 0 Å². The molecule has 0 heterocycles. The van der Waals surface area contributed by atoms with Crippen molar-refractivity contribution in [2.45, 2.75) is 187 Å². The van der Waals surface area contributed by atoms with Gasteiger partial charge in [-0.05, 0) is 25.7 Å². The van der Waals surface area contributed by atoms with Crippen molar-refractivity contribution < 1.29 is 14.7 Å². The largest absolute Gasteiger partial charge is 0.393 e. The number of aliphatic hydroxyl groups is 1. The van der Waals surface area contributed by atoms with E-state index in [0.29, 0.717) is 12.8 Å². The Morgan fingerprint density at radius 2 is 0.765 bits per heavy atom. The number of hydrogen-bond donors (Lipinski definition) is 1. The second kappa shape index (κ2) is 26.9. The summed E-state index contributed by atoms with van der Waals surface area (Å²) in [4.78, 5) is 24.1. The van der Waals surface area contributed by atoms with E-state index in [1.165, 1.54) is 96.3 Å². The molecule has 0 saturated heterocycles. The molecule has 0 spiro atoms. The number of unbranched alkanes of at least 4 members (excludes halogenated alkanes) is 18. The maximum Gasteiger partial charge on any atom is 0.140 e. The van der Waals surface area contributed by atoms with E-state index in [2.05, 4.69) is 13.8 Å². The van der Waals surface area contributed by atoms with E-state index in [1.807, 2.05) is 0 Å². The van der Waals surface area contributed by atoms with Crippen molar-refractivity contribution in [1.29, 1.82) is 0 Å². The summed E-state index contributed by atoms with van der Waals surface area (Å²) in [5, 5.41) is 10.0. The van der Waals surface area contributed by atoms with E-state index >= 15 is 0 Å². The van der Waals surface area contributed by atoms with Crippen LogP contribution in [-0.4, -0.2) is 22.8 Å². The first kappa shape index (κ1) is 33.3. The lowest BCUT2D eigenvalue weighted by atomic mass is 10.0. The van der Waals surface area contributed by atoms with Gasteiger partial charge in [0.25, 0.3) is 0 Å². The van der Waals surface area contributed by atoms with Crippen LogP contribution in [0.3, 0.4) is 0 Å². The molecule has 0 radical (unpaired) electrons. The summed E-state index contributed by atoms with van der Waals surface area (Å²) in [6, 6.07) is 0. The number of carbonyl (C=O) groups is 2. The van der Waals surface area contributed by atoms with Gasteiger partial charge in [-0.2, -0.15) is 0 Å². The summed E-state index contributed by atoms with van der Waals surface area (Å²) >= 11 is 0. The van der Waals surface area contributed by atoms with Gasteiger partial charge in [0, 0.05) is 12.8 Å². The molecule has 1 N–H and O–H groups in total. The van der Waals surface area contributed by atoms with E-state index in [-0.39, 0.29) is 24.1 Å². The number of ketones is 2. The maximum absolute atomic E-state index is 12.0. The van der Waals surface area contributed by atoms with Crippen LogP contribution in [0, 0.1) is 0 Å². The van der Waals surface area contributed by atoms with E-state index in [4.69, 9.17) is 0 Å². The lowest BCUT2D eigenvalue weighted by Crippen LogP contribution is -2.08. The van der Waals surface area contributed by atoms with Gasteiger partial charge in [0.05, 0.1) is 12.5 Å². The molecule has 0 aromatic carbocycles. The van der Waals surface area contributed by atoms with Gasteiger partial charge in [0.1, 0.15) is 11.6 Å². The summed E-state index contributed by atoms with van der Waals surface area (Å²) in [6.07, 6.45) is 28.8. The highest BCUT2D eigenvalue weighted by Crippen LogP contribution is 2.15. The van der Waals surface area contributed by atoms with Crippen molar-refractivity contribution >= 4 is 11.6 Å². The van der Waals surface area contributed by atoms with Crippen LogP contribution in [0.1, 0.15) is 181 Å². The monoisotopic (exact) mass is 480 g/mol. The molecule has 0 bridgehead atoms. The first-order valence-electron chi connectivity index (χ1n) is 15.3. The van der Waals surface area contributed by atoms with Gasteiger partial charge in [-0.25, -0.2) is 0 Å². The van der Waals surface area contributed by atoms with Crippen molar-refractivity contribution in [3.05, 3.63) is 0 Å². The van der Waals surface area contributed by atoms with E-state index in [9.17, 15) is 14.7 Å². The molecular weight excluding hydrogens is 420 g/mol. The van der Waals surface area contributed by atoms with E-state index < -0.39 is 0 Å². The molecule has 202 valence electrons. The molecule has 0 aliphatic carbocycles. The molecule has 0 saturated carbocycles. The smallest absolute Gasteiger partial charge is 0.140 e. The maximum atomic E-state index is 12.0. The van der Waals surface area contributed by atoms with Gasteiger partial charge >= 0.3 is 0 Å². The molecule has 3 heteroatoms. The fraction of sp³-hybridized carbons (Fsp3) is 0.935. The molecule has 34 heavy (non-hydrogen) atoms. The molecule has 0 amide bonds. The predicted octanol–water partition coefficient (Wildman–Crippen LogP) is 9.67. The molecule has 0 aliphatic heterocycles. The van der Waals surface area contributed by atoms with E-state index in [1.54, 1.807) is 0 Å². The van der Waals surface area contributed by atoms with Crippen molar-refractivity contribution in [2.75, 3.05) is 0 Å². The van der Waals surface area contributed by atoms with Crippen molar-refractivity contribution in [3.8, 4) is 0 Å². The van der Waals surface area contributed by atoms with Crippen molar-refractivity contribution in [1.82, 2.24) is 0 Å². The fourth-order valence-electron chi connectivity index (χ4n) is 4.74. The number of rotatable bonds is 28. The number of aliphatic hydroxyl groups excluding tert-OH is 1. The van der Waals surface area contributed by atoms with Crippen LogP contribution in [0.2, 0.25) is 0 Å². The van der Waals surface area contributed by atoms with Crippen molar-refractivity contribution in [2.24, 2.45) is 0 Å². The quantitative estimate of drug-likeness (QED) is 0.0895. The minimum atomic E-state index is -0.181. The summed E-state index contributed by atoms with van der Waals surface area (Å²) in [6.45, 7) is 4.49. The van der Waals surface area contributed by atoms with Crippen molar-refractivity contribution in [3.63, 3.8) is 0 Å². The molecule has 0 rings (SSSR count). The minimum absolute atomic E-state index is 0.108. The molecule has 0 unspecified atom stereocenters. The molecule has 3 nitrogen and oxygen atoms in total. The summed E-state index contributed by atoms with van der Waals surface area (Å²) in [5.41, 5.74) is 0. The van der Waals surface area contributed by atoms with Gasteiger partial charge in [0.15, 0.2) is 0 Å². The highest BCUT2D eigenvalue weighted by molar-refractivity contribution is 5.98. The van der Waals surface area contributed by atoms with Crippen LogP contribution >= 0.6 is 0 Å². The first-order valence-corrected chi connectivity index (χ1v) is 15.3. The Hall–Kier alpha value is -0.700. The Balaban J connectivity index is 3.39. The van der Waals surface area contributed by atoms with Crippen LogP contribution in [0.15, 0.2) is 0 Å². The second-order valence-electron chi connectivity index (χ2n) is 10.7. The van der Waals surface area contributed by atoms with Crippen LogP contribution < -0.4 is 0 Å². The summed E-state index contributed by atoms with van der Waals surface area (Å²) in [7, 11) is 0. The molecular formula is C31H60O3. The summed E-state index contributed by atoms with van der Waals surface area (Å²) < 4.78 is 0. The Morgan fingerprint density at radius 1 is 0.471 bits per heavy atom. The molecule has 0 aromatic heterocycles. The number of carbonyl (C=O) groups excluding carboxylic acids is 2. The Bertz CT molecular complexity index is 446. The highest BCUT2D eigenvalue weighted by Gasteiger charge is 2.10. The van der Waals surface area contributed by atoms with E-state index in [0.717, 1.165) is 51.4 Å². The van der Waals surface area contributed by atoms with Gasteiger partial charge in [0.2, 0.25) is 0 Å². The predicted molar refractivity (Wildman–Crippen MR) is 147 cm³/mol. The number of Topliss-reactive ketones (excluding diaryl/α,β-unsaturated/α-hetero) is 2. The van der Waals surface area contributed by atoms with Gasteiger partial charge in [-0.1, -0.05) is 136 Å². The van der Waals surface area contributed by atoms with Gasteiger partial charge in [-0.3, -0.25) is 9.59 Å². The lowest BCUT2D eigenvalue weighted by molar-refractivity contribution is -0.127. The highest BCUT2D eigenvalue weighted by atomic mass is 16.3. The molecule has 0 aromatic rings. The zero-order valence-corrected chi connectivity index (χ0v) is 23.2. The van der Waals surface area contributed by atoms with Crippen LogP contribution in [0.4, 0.5) is 0 Å². The topological polar surface area (TPSA) is 54.4 Å². The molecule has 0 aliphatic rings. The molecule has 0 fully saturated rings. The first-order chi connectivity index (χ1) is 16.6. The zero-order valence-electron chi connectivity index (χ0n) is 23.2. The Labute approximate surface area is 213 Å². The Kier molecular flexibility index (Phi) is 26.3.